The van der Waals surface area contributed by atoms with Gasteiger partial charge < -0.3 is 47.4 Å². The first-order chi connectivity index (χ1) is 21.1. The van der Waals surface area contributed by atoms with Gasteiger partial charge in [-0.3, -0.25) is 34.0 Å². The molecule has 0 amide bonds. The van der Waals surface area contributed by atoms with Gasteiger partial charge in [0.25, 0.3) is 0 Å². The molecule has 45 heavy (non-hydrogen) atoms. The molecule has 17 heteroatoms. The minimum atomic E-state index is -1.25. The maximum atomic E-state index is 11.3. The number of hydrogen-bond donors (Lipinski definition) is 9. The number of aliphatic imine (C=N–C) groups is 1. The van der Waals surface area contributed by atoms with Crippen molar-refractivity contribution in [2.45, 2.75) is 76.3 Å². The third-order valence-electron chi connectivity index (χ3n) is 9.07. The van der Waals surface area contributed by atoms with Crippen molar-refractivity contribution in [3.8, 4) is 0 Å². The monoisotopic (exact) mass is 666 g/mol. The molecule has 2 aliphatic carbocycles. The molecular formula is C28H58N8O8S. The summed E-state index contributed by atoms with van der Waals surface area (Å²) in [6.07, 6.45) is 1.04. The summed E-state index contributed by atoms with van der Waals surface area (Å²) < 4.78 is 0. The van der Waals surface area contributed by atoms with Gasteiger partial charge >= 0.3 is 23.9 Å². The fourth-order valence-corrected chi connectivity index (χ4v) is 7.06. The normalized spacial score (nSPS) is 30.1. The number of thiocarbonyl (C=S) groups is 1. The largest absolute Gasteiger partial charge is 0.480 e. The Hall–Kier alpha value is -3.12. The van der Waals surface area contributed by atoms with Crippen LogP contribution in [0.2, 0.25) is 0 Å². The van der Waals surface area contributed by atoms with Crippen LogP contribution in [0.3, 0.4) is 0 Å². The zero-order chi connectivity index (χ0) is 34.4. The van der Waals surface area contributed by atoms with Gasteiger partial charge in [0.1, 0.15) is 0 Å². The van der Waals surface area contributed by atoms with Crippen LogP contribution >= 0.6 is 12.2 Å². The lowest BCUT2D eigenvalue weighted by atomic mass is 9.67. The fourth-order valence-electron chi connectivity index (χ4n) is 6.91. The van der Waals surface area contributed by atoms with Gasteiger partial charge in [-0.1, -0.05) is 33.0 Å². The number of rotatable bonds is 15. The van der Waals surface area contributed by atoms with Crippen LogP contribution in [0.1, 0.15) is 44.3 Å². The average molecular weight is 667 g/mol. The highest BCUT2D eigenvalue weighted by atomic mass is 32.1. The van der Waals surface area contributed by atoms with Crippen molar-refractivity contribution in [1.82, 2.24) is 31.1 Å². The molecule has 0 aliphatic heterocycles. The molecule has 2 aliphatic rings. The van der Waals surface area contributed by atoms with Crippen molar-refractivity contribution in [3.05, 3.63) is 0 Å². The van der Waals surface area contributed by atoms with E-state index in [-0.39, 0.29) is 22.7 Å². The number of carboxylic acids is 4. The van der Waals surface area contributed by atoms with Crippen LogP contribution in [-0.4, -0.2) is 149 Å². The van der Waals surface area contributed by atoms with E-state index in [1.165, 1.54) is 16.8 Å². The minimum absolute atomic E-state index is 0. The number of aliphatic carboxylic acids is 4. The summed E-state index contributed by atoms with van der Waals surface area (Å²) in [5.74, 6) is -3.01. The van der Waals surface area contributed by atoms with Crippen molar-refractivity contribution < 1.29 is 43.9 Å². The van der Waals surface area contributed by atoms with Gasteiger partial charge in [0.15, 0.2) is 5.96 Å². The lowest BCUT2D eigenvalue weighted by molar-refractivity contribution is -0.149. The molecule has 0 bridgehead atoms. The van der Waals surface area contributed by atoms with E-state index >= 15 is 0 Å². The Morgan fingerprint density at radius 1 is 0.800 bits per heavy atom. The van der Waals surface area contributed by atoms with E-state index in [1.807, 2.05) is 7.05 Å². The standard InChI is InChI=1S/C16H27N5O8.C12H25N3S.3H2/c1-18-16(17)19-9-2-3-10(20(5-12(22)23)6-13(24)25)11(4-9)21(7-14(26)27)8-15(28)29;1-7-8(2)11(13-4)12(14-5)9(3)10(7)15-6-16;;;/h9-11H,2-8H2,1H3,(H,22,23)(H,24,25)(H,26,27)(H,28,29)(H3,17,18,19);6-14H,1-5H3,(H,15,16);3*1H. The minimum Gasteiger partial charge on any atom is -0.480 e. The topological polar surface area (TPSA) is 242 Å². The van der Waals surface area contributed by atoms with Crippen molar-refractivity contribution >= 4 is 47.5 Å². The summed E-state index contributed by atoms with van der Waals surface area (Å²) in [6.45, 7) is 4.60. The Bertz CT molecular complexity index is 1020. The van der Waals surface area contributed by atoms with E-state index in [9.17, 15) is 29.4 Å². The number of nitrogens with one attached hydrogen (secondary N) is 4. The second-order valence-electron chi connectivity index (χ2n) is 11.8. The number of nitrogens with two attached hydrogens (primary N) is 1. The SMILES string of the molecule is CN=C(N)NC1CCC(N(CC(=O)O)CC(=O)O)C(N(CC(=O)O)CC(=O)O)C1.CNC1C(C)C(C)C(NC=S)C(C)C1NC.[HH].[HH].[HH]. The molecule has 2 fully saturated rings. The molecule has 0 aromatic rings. The summed E-state index contributed by atoms with van der Waals surface area (Å²) >= 11 is 4.94. The van der Waals surface area contributed by atoms with Crippen LogP contribution in [0, 0.1) is 17.8 Å². The molecule has 2 saturated carbocycles. The number of carboxylic acid groups (broad SMARTS) is 4. The first-order valence-electron chi connectivity index (χ1n) is 15.0. The predicted octanol–water partition coefficient (Wildman–Crippen LogP) is -0.510. The number of guanidine groups is 1. The van der Waals surface area contributed by atoms with E-state index in [1.54, 1.807) is 5.49 Å². The van der Waals surface area contributed by atoms with E-state index in [0.29, 0.717) is 48.7 Å². The van der Waals surface area contributed by atoms with Gasteiger partial charge in [-0.25, -0.2) is 0 Å². The molecule has 10 N–H and O–H groups in total. The number of carbonyl (C=O) groups is 4. The number of nitrogens with zero attached hydrogens (tertiary/aromatic N) is 3. The number of hydrogen-bond acceptors (Lipinski definition) is 10. The summed E-state index contributed by atoms with van der Waals surface area (Å²) in [4.78, 5) is 51.3. The number of likely N-dealkylation sites (N-methyl/N-ethyl adjacent to an activating group) is 2. The molecule has 0 spiro atoms. The highest BCUT2D eigenvalue weighted by molar-refractivity contribution is 7.78. The smallest absolute Gasteiger partial charge is 0.317 e. The Kier molecular flexibility index (Phi) is 17.2. The third kappa shape index (κ3) is 12.3. The maximum absolute atomic E-state index is 11.3. The molecular weight excluding hydrogens is 608 g/mol. The van der Waals surface area contributed by atoms with Crippen molar-refractivity contribution in [2.24, 2.45) is 28.5 Å². The van der Waals surface area contributed by atoms with Crippen LogP contribution < -0.4 is 27.0 Å². The van der Waals surface area contributed by atoms with Gasteiger partial charge in [-0.05, 0) is 51.1 Å². The molecule has 16 nitrogen and oxygen atoms in total. The molecule has 0 saturated heterocycles. The Labute approximate surface area is 274 Å². The predicted molar refractivity (Wildman–Crippen MR) is 180 cm³/mol. The Balaban J connectivity index is -0.000000912. The van der Waals surface area contributed by atoms with Crippen LogP contribution in [0.25, 0.3) is 0 Å². The third-order valence-corrected chi connectivity index (χ3v) is 9.21. The lowest BCUT2D eigenvalue weighted by Gasteiger charge is -2.49. The van der Waals surface area contributed by atoms with Gasteiger partial charge in [0, 0.05) is 47.6 Å². The van der Waals surface area contributed by atoms with Gasteiger partial charge in [-0.2, -0.15) is 0 Å². The maximum Gasteiger partial charge on any atom is 0.317 e. The van der Waals surface area contributed by atoms with Crippen molar-refractivity contribution in [3.63, 3.8) is 0 Å². The van der Waals surface area contributed by atoms with Crippen LogP contribution in [0.15, 0.2) is 4.99 Å². The summed E-state index contributed by atoms with van der Waals surface area (Å²) in [5.41, 5.74) is 7.35. The highest BCUT2D eigenvalue weighted by Crippen LogP contribution is 2.34. The molecule has 0 aromatic carbocycles. The molecule has 264 valence electrons. The second kappa shape index (κ2) is 19.4. The van der Waals surface area contributed by atoms with E-state index in [2.05, 4.69) is 54.1 Å². The zero-order valence-corrected chi connectivity index (χ0v) is 27.8. The lowest BCUT2D eigenvalue weighted by Crippen LogP contribution is -2.64. The van der Waals surface area contributed by atoms with E-state index < -0.39 is 62.1 Å². The van der Waals surface area contributed by atoms with Gasteiger partial charge in [-0.15, -0.1) is 0 Å². The average Bonchev–Trinajstić information content (AvgIpc) is 2.95. The summed E-state index contributed by atoms with van der Waals surface area (Å²) in [5, 5.41) is 49.9. The van der Waals surface area contributed by atoms with Crippen LogP contribution in [-0.2, 0) is 19.2 Å². The fraction of sp³-hybridized carbons (Fsp3) is 0.786. The van der Waals surface area contributed by atoms with Gasteiger partial charge in [0.2, 0.25) is 0 Å². The molecule has 0 aromatic heterocycles. The zero-order valence-electron chi connectivity index (χ0n) is 27.0. The molecule has 0 heterocycles. The first kappa shape index (κ1) is 39.9. The summed E-state index contributed by atoms with van der Waals surface area (Å²) in [7, 11) is 5.58. The second-order valence-corrected chi connectivity index (χ2v) is 12.0. The Morgan fingerprint density at radius 3 is 1.62 bits per heavy atom. The van der Waals surface area contributed by atoms with Crippen LogP contribution in [0.4, 0.5) is 0 Å². The summed E-state index contributed by atoms with van der Waals surface area (Å²) in [6, 6.07) is -0.173. The molecule has 2 rings (SSSR count). The van der Waals surface area contributed by atoms with Crippen LogP contribution in [0.5, 0.6) is 0 Å². The van der Waals surface area contributed by atoms with Gasteiger partial charge in [0.05, 0.1) is 31.7 Å². The Morgan fingerprint density at radius 2 is 1.22 bits per heavy atom. The molecule has 0 radical (unpaired) electrons. The molecule has 9 atom stereocenters. The van der Waals surface area contributed by atoms with E-state index in [4.69, 9.17) is 28.2 Å². The highest BCUT2D eigenvalue weighted by Gasteiger charge is 2.44. The van der Waals surface area contributed by atoms with E-state index in [0.717, 1.165) is 0 Å². The quantitative estimate of drug-likeness (QED) is 0.0607. The first-order valence-corrected chi connectivity index (χ1v) is 15.5. The van der Waals surface area contributed by atoms with Crippen molar-refractivity contribution in [2.75, 3.05) is 47.3 Å². The molecule has 9 unspecified atom stereocenters. The van der Waals surface area contributed by atoms with Crippen molar-refractivity contribution in [1.29, 1.82) is 0 Å².